The maximum absolute atomic E-state index is 11.9. The summed E-state index contributed by atoms with van der Waals surface area (Å²) in [6.45, 7) is 6.23. The van der Waals surface area contributed by atoms with Gasteiger partial charge >= 0.3 is 0 Å². The highest BCUT2D eigenvalue weighted by Gasteiger charge is 2.09. The Balaban J connectivity index is 1.94. The molecule has 0 bridgehead atoms. The number of carbonyl (C=O) groups is 1. The highest BCUT2D eigenvalue weighted by Crippen LogP contribution is 2.25. The summed E-state index contributed by atoms with van der Waals surface area (Å²) in [5, 5.41) is 2.82. The van der Waals surface area contributed by atoms with Crippen LogP contribution in [0, 0.1) is 6.92 Å². The highest BCUT2D eigenvalue weighted by molar-refractivity contribution is 5.91. The molecule has 0 aliphatic carbocycles. The lowest BCUT2D eigenvalue weighted by atomic mass is 10.0. The van der Waals surface area contributed by atoms with Gasteiger partial charge in [-0.05, 0) is 36.6 Å². The second-order valence-electron chi connectivity index (χ2n) is 5.40. The van der Waals surface area contributed by atoms with Gasteiger partial charge in [-0.2, -0.15) is 0 Å². The van der Waals surface area contributed by atoms with E-state index in [9.17, 15) is 4.79 Å². The molecular weight excluding hydrogens is 262 g/mol. The molecule has 110 valence electrons. The van der Waals surface area contributed by atoms with Gasteiger partial charge in [0.05, 0.1) is 0 Å². The minimum absolute atomic E-state index is 0.0115. The lowest BCUT2D eigenvalue weighted by Gasteiger charge is -2.13. The first kappa shape index (κ1) is 15.1. The van der Waals surface area contributed by atoms with E-state index in [0.717, 1.165) is 22.6 Å². The van der Waals surface area contributed by atoms with Crippen LogP contribution < -0.4 is 10.1 Å². The van der Waals surface area contributed by atoms with E-state index >= 15 is 0 Å². The molecule has 0 heterocycles. The lowest BCUT2D eigenvalue weighted by molar-refractivity contribution is -0.118. The monoisotopic (exact) mass is 283 g/mol. The Hall–Kier alpha value is -2.29. The largest absolute Gasteiger partial charge is 0.483 e. The third-order valence-electron chi connectivity index (χ3n) is 3.24. The third-order valence-corrected chi connectivity index (χ3v) is 3.24. The number of carbonyl (C=O) groups excluding carboxylic acids is 1. The number of hydrogen-bond acceptors (Lipinski definition) is 2. The summed E-state index contributed by atoms with van der Waals surface area (Å²) < 4.78 is 5.64. The van der Waals surface area contributed by atoms with Gasteiger partial charge in [0.2, 0.25) is 0 Å². The molecule has 2 aromatic rings. The van der Waals surface area contributed by atoms with E-state index in [2.05, 4.69) is 19.2 Å². The first-order valence-electron chi connectivity index (χ1n) is 7.14. The number of benzene rings is 2. The second kappa shape index (κ2) is 6.93. The van der Waals surface area contributed by atoms with Crippen LogP contribution in [0.25, 0.3) is 0 Å². The average Bonchev–Trinajstić information content (AvgIpc) is 2.48. The molecule has 0 saturated carbocycles. The van der Waals surface area contributed by atoms with Crippen molar-refractivity contribution in [2.45, 2.75) is 26.7 Å². The topological polar surface area (TPSA) is 38.3 Å². The fraction of sp³-hybridized carbons (Fsp3) is 0.278. The van der Waals surface area contributed by atoms with Crippen molar-refractivity contribution in [3.63, 3.8) is 0 Å². The van der Waals surface area contributed by atoms with Crippen molar-refractivity contribution in [1.29, 1.82) is 0 Å². The Labute approximate surface area is 126 Å². The summed E-state index contributed by atoms with van der Waals surface area (Å²) in [6, 6.07) is 15.5. The first-order valence-corrected chi connectivity index (χ1v) is 7.14. The van der Waals surface area contributed by atoms with Gasteiger partial charge in [0.25, 0.3) is 5.91 Å². The Morgan fingerprint density at radius 2 is 1.76 bits per heavy atom. The summed E-state index contributed by atoms with van der Waals surface area (Å²) in [4.78, 5) is 11.9. The van der Waals surface area contributed by atoms with Gasteiger partial charge in [0, 0.05) is 5.69 Å². The number of anilines is 1. The molecule has 1 N–H and O–H groups in total. The van der Waals surface area contributed by atoms with Crippen molar-refractivity contribution in [3.8, 4) is 5.75 Å². The number of nitrogens with one attached hydrogen (secondary N) is 1. The number of rotatable bonds is 5. The molecule has 0 aliphatic rings. The Morgan fingerprint density at radius 1 is 1.10 bits per heavy atom. The molecule has 2 rings (SSSR count). The van der Waals surface area contributed by atoms with Crippen LogP contribution in [0.2, 0.25) is 0 Å². The van der Waals surface area contributed by atoms with Crippen molar-refractivity contribution < 1.29 is 9.53 Å². The summed E-state index contributed by atoms with van der Waals surface area (Å²) in [5.41, 5.74) is 3.06. The van der Waals surface area contributed by atoms with Crippen LogP contribution in [0.3, 0.4) is 0 Å². The molecular formula is C18H21NO2. The smallest absolute Gasteiger partial charge is 0.262 e. The van der Waals surface area contributed by atoms with Gasteiger partial charge in [-0.3, -0.25) is 4.79 Å². The molecule has 0 fully saturated rings. The molecule has 0 aromatic heterocycles. The van der Waals surface area contributed by atoms with E-state index in [1.165, 1.54) is 0 Å². The summed E-state index contributed by atoms with van der Waals surface area (Å²) in [7, 11) is 0. The molecule has 0 atom stereocenters. The van der Waals surface area contributed by atoms with E-state index < -0.39 is 0 Å². The maximum Gasteiger partial charge on any atom is 0.262 e. The van der Waals surface area contributed by atoms with Crippen molar-refractivity contribution in [3.05, 3.63) is 59.7 Å². The normalized spacial score (nSPS) is 10.5. The van der Waals surface area contributed by atoms with E-state index in [-0.39, 0.29) is 12.5 Å². The molecule has 0 aliphatic heterocycles. The minimum atomic E-state index is -0.155. The molecule has 21 heavy (non-hydrogen) atoms. The number of para-hydroxylation sites is 1. The predicted octanol–water partition coefficient (Wildman–Crippen LogP) is 4.14. The Morgan fingerprint density at radius 3 is 2.43 bits per heavy atom. The molecule has 3 heteroatoms. The number of hydrogen-bond donors (Lipinski definition) is 1. The quantitative estimate of drug-likeness (QED) is 0.895. The maximum atomic E-state index is 11.9. The van der Waals surface area contributed by atoms with Gasteiger partial charge in [-0.25, -0.2) is 0 Å². The van der Waals surface area contributed by atoms with Gasteiger partial charge in [-0.1, -0.05) is 49.7 Å². The van der Waals surface area contributed by atoms with E-state index in [1.807, 2.05) is 55.5 Å². The number of amides is 1. The molecule has 2 aromatic carbocycles. The van der Waals surface area contributed by atoms with Crippen molar-refractivity contribution >= 4 is 11.6 Å². The lowest BCUT2D eigenvalue weighted by Crippen LogP contribution is -2.20. The van der Waals surface area contributed by atoms with Crippen molar-refractivity contribution in [2.24, 2.45) is 0 Å². The van der Waals surface area contributed by atoms with Gasteiger partial charge < -0.3 is 10.1 Å². The number of ether oxygens (including phenoxy) is 1. The van der Waals surface area contributed by atoms with Crippen molar-refractivity contribution in [2.75, 3.05) is 11.9 Å². The van der Waals surface area contributed by atoms with Crippen LogP contribution in [0.15, 0.2) is 48.5 Å². The molecule has 0 spiro atoms. The van der Waals surface area contributed by atoms with E-state index in [4.69, 9.17) is 4.74 Å². The molecule has 0 radical (unpaired) electrons. The third kappa shape index (κ3) is 4.35. The van der Waals surface area contributed by atoms with Crippen LogP contribution in [0.1, 0.15) is 30.9 Å². The zero-order valence-corrected chi connectivity index (χ0v) is 12.7. The van der Waals surface area contributed by atoms with Gasteiger partial charge in [0.15, 0.2) is 6.61 Å². The standard InChI is InChI=1S/C18H21NO2/c1-13(2)16-6-4-5-7-17(16)21-12-18(20)19-15-10-8-14(3)9-11-15/h4-11,13H,12H2,1-3H3,(H,19,20). The molecule has 0 saturated heterocycles. The zero-order chi connectivity index (χ0) is 15.2. The Kier molecular flexibility index (Phi) is 4.99. The highest BCUT2D eigenvalue weighted by atomic mass is 16.5. The fourth-order valence-electron chi connectivity index (χ4n) is 2.07. The van der Waals surface area contributed by atoms with Crippen molar-refractivity contribution in [1.82, 2.24) is 0 Å². The zero-order valence-electron chi connectivity index (χ0n) is 12.7. The molecule has 0 unspecified atom stereocenters. The second-order valence-corrected chi connectivity index (χ2v) is 5.40. The molecule has 3 nitrogen and oxygen atoms in total. The average molecular weight is 283 g/mol. The van der Waals surface area contributed by atoms with Gasteiger partial charge in [0.1, 0.15) is 5.75 Å². The van der Waals surface area contributed by atoms with Crippen LogP contribution in [-0.2, 0) is 4.79 Å². The predicted molar refractivity (Wildman–Crippen MR) is 85.8 cm³/mol. The summed E-state index contributed by atoms with van der Waals surface area (Å²) in [5.74, 6) is 0.977. The fourth-order valence-corrected chi connectivity index (χ4v) is 2.07. The first-order chi connectivity index (χ1) is 10.1. The van der Waals surface area contributed by atoms with Gasteiger partial charge in [-0.15, -0.1) is 0 Å². The van der Waals surface area contributed by atoms with E-state index in [1.54, 1.807) is 0 Å². The van der Waals surface area contributed by atoms with Crippen LogP contribution in [-0.4, -0.2) is 12.5 Å². The minimum Gasteiger partial charge on any atom is -0.483 e. The molecule has 1 amide bonds. The summed E-state index contributed by atoms with van der Waals surface area (Å²) in [6.07, 6.45) is 0. The van der Waals surface area contributed by atoms with E-state index in [0.29, 0.717) is 5.92 Å². The van der Waals surface area contributed by atoms with Crippen LogP contribution >= 0.6 is 0 Å². The van der Waals surface area contributed by atoms with Crippen LogP contribution in [0.4, 0.5) is 5.69 Å². The Bertz CT molecular complexity index is 603. The number of aryl methyl sites for hydroxylation is 1. The summed E-state index contributed by atoms with van der Waals surface area (Å²) >= 11 is 0. The SMILES string of the molecule is Cc1ccc(NC(=O)COc2ccccc2C(C)C)cc1. The van der Waals surface area contributed by atoms with Crippen LogP contribution in [0.5, 0.6) is 5.75 Å².